The number of ether oxygens (including phenoxy) is 1. The van der Waals surface area contributed by atoms with E-state index in [2.05, 4.69) is 11.1 Å². The first-order valence-electron chi connectivity index (χ1n) is 9.64. The standard InChI is InChI=1S/C22H25FN4O3S/c1-21(2)20(25)26-22(3,14-27(4)31(21,28)29)18-11-17(9-10-19(18)23)30-13-16-7-5-15(12-24)6-8-16/h5-11H,13-14H2,1-4H3,(H2,25,26). The smallest absolute Gasteiger partial charge is 0.226 e. The average molecular weight is 445 g/mol. The van der Waals surface area contributed by atoms with E-state index in [-0.39, 0.29) is 24.6 Å². The molecule has 0 aliphatic carbocycles. The van der Waals surface area contributed by atoms with Gasteiger partial charge in [-0.1, -0.05) is 12.1 Å². The Hall–Kier alpha value is -2.96. The molecular weight excluding hydrogens is 419 g/mol. The van der Waals surface area contributed by atoms with Crippen LogP contribution in [0.3, 0.4) is 0 Å². The van der Waals surface area contributed by atoms with Crippen molar-refractivity contribution in [1.29, 1.82) is 5.26 Å². The molecule has 1 unspecified atom stereocenters. The van der Waals surface area contributed by atoms with Crippen LogP contribution in [0.2, 0.25) is 0 Å². The van der Waals surface area contributed by atoms with Gasteiger partial charge < -0.3 is 10.5 Å². The van der Waals surface area contributed by atoms with Crippen LogP contribution in [-0.4, -0.2) is 36.9 Å². The van der Waals surface area contributed by atoms with Gasteiger partial charge in [-0.25, -0.2) is 17.1 Å². The van der Waals surface area contributed by atoms with Crippen LogP contribution in [0.1, 0.15) is 37.5 Å². The fourth-order valence-corrected chi connectivity index (χ4v) is 4.98. The Morgan fingerprint density at radius 1 is 1.23 bits per heavy atom. The molecule has 2 aromatic carbocycles. The fraction of sp³-hybridized carbons (Fsp3) is 0.364. The lowest BCUT2D eigenvalue weighted by atomic mass is 9.91. The molecule has 0 amide bonds. The van der Waals surface area contributed by atoms with Crippen LogP contribution in [0.25, 0.3) is 0 Å². The number of nitrogens with zero attached hydrogens (tertiary/aromatic N) is 3. The van der Waals surface area contributed by atoms with Gasteiger partial charge in [0, 0.05) is 19.2 Å². The van der Waals surface area contributed by atoms with Gasteiger partial charge in [0.1, 0.15) is 34.3 Å². The number of hydrogen-bond acceptors (Lipinski definition) is 6. The van der Waals surface area contributed by atoms with Gasteiger partial charge in [-0.05, 0) is 56.7 Å². The van der Waals surface area contributed by atoms with E-state index in [0.29, 0.717) is 11.3 Å². The number of aliphatic imine (C=N–C) groups is 1. The molecule has 2 N–H and O–H groups in total. The van der Waals surface area contributed by atoms with Crippen molar-refractivity contribution in [3.05, 3.63) is 65.0 Å². The minimum absolute atomic E-state index is 0.0739. The SMILES string of the molecule is CN1CC(C)(c2cc(OCc3ccc(C#N)cc3)ccc2F)N=C(N)C(C)(C)S1(=O)=O. The number of nitriles is 1. The van der Waals surface area contributed by atoms with E-state index in [0.717, 1.165) is 5.56 Å². The third-order valence-corrected chi connectivity index (χ3v) is 8.03. The van der Waals surface area contributed by atoms with Gasteiger partial charge in [0.25, 0.3) is 0 Å². The first kappa shape index (κ1) is 22.7. The number of hydrogen-bond donors (Lipinski definition) is 1. The fourth-order valence-electron chi connectivity index (χ4n) is 3.47. The van der Waals surface area contributed by atoms with Crippen LogP contribution in [0.4, 0.5) is 4.39 Å². The topological polar surface area (TPSA) is 109 Å². The van der Waals surface area contributed by atoms with E-state index >= 15 is 0 Å². The summed E-state index contributed by atoms with van der Waals surface area (Å²) in [4.78, 5) is 4.46. The molecule has 1 aliphatic heterocycles. The molecule has 0 spiro atoms. The quantitative estimate of drug-likeness (QED) is 0.780. The Labute approximate surface area is 182 Å². The second-order valence-corrected chi connectivity index (χ2v) is 10.9. The summed E-state index contributed by atoms with van der Waals surface area (Å²) < 4.78 is 46.1. The number of benzene rings is 2. The molecule has 0 saturated carbocycles. The number of rotatable bonds is 4. The zero-order valence-corrected chi connectivity index (χ0v) is 18.7. The van der Waals surface area contributed by atoms with E-state index in [1.165, 1.54) is 43.4 Å². The normalized spacial score (nSPS) is 22.8. The van der Waals surface area contributed by atoms with Gasteiger partial charge in [0.05, 0.1) is 11.6 Å². The summed E-state index contributed by atoms with van der Waals surface area (Å²) in [6, 6.07) is 13.3. The summed E-state index contributed by atoms with van der Waals surface area (Å²) >= 11 is 0. The zero-order chi connectivity index (χ0) is 23.0. The molecule has 2 aromatic rings. The Kier molecular flexibility index (Phi) is 5.82. The van der Waals surface area contributed by atoms with E-state index in [9.17, 15) is 12.8 Å². The van der Waals surface area contributed by atoms with Crippen molar-refractivity contribution in [1.82, 2.24) is 4.31 Å². The van der Waals surface area contributed by atoms with Crippen molar-refractivity contribution in [3.63, 3.8) is 0 Å². The van der Waals surface area contributed by atoms with Gasteiger partial charge in [-0.3, -0.25) is 4.99 Å². The van der Waals surface area contributed by atoms with E-state index in [1.54, 1.807) is 31.2 Å². The Morgan fingerprint density at radius 2 is 1.87 bits per heavy atom. The Balaban J connectivity index is 1.95. The molecule has 0 fully saturated rings. The minimum atomic E-state index is -3.78. The van der Waals surface area contributed by atoms with Gasteiger partial charge in [-0.2, -0.15) is 5.26 Å². The maximum Gasteiger partial charge on any atom is 0.226 e. The first-order chi connectivity index (χ1) is 14.4. The second-order valence-electron chi connectivity index (χ2n) is 8.28. The zero-order valence-electron chi connectivity index (χ0n) is 17.9. The minimum Gasteiger partial charge on any atom is -0.489 e. The molecule has 3 rings (SSSR count). The first-order valence-corrected chi connectivity index (χ1v) is 11.1. The van der Waals surface area contributed by atoms with Crippen LogP contribution in [0.5, 0.6) is 5.75 Å². The maximum absolute atomic E-state index is 14.9. The van der Waals surface area contributed by atoms with Gasteiger partial charge >= 0.3 is 0 Å². The molecular formula is C22H25FN4O3S. The van der Waals surface area contributed by atoms with Crippen LogP contribution in [-0.2, 0) is 22.2 Å². The molecule has 1 heterocycles. The highest BCUT2D eigenvalue weighted by Crippen LogP contribution is 2.37. The Morgan fingerprint density at radius 3 is 2.48 bits per heavy atom. The van der Waals surface area contributed by atoms with Crippen molar-refractivity contribution < 1.29 is 17.5 Å². The summed E-state index contributed by atoms with van der Waals surface area (Å²) in [5.74, 6) is -0.206. The van der Waals surface area contributed by atoms with Crippen molar-refractivity contribution in [2.45, 2.75) is 37.7 Å². The predicted octanol–water partition coefficient (Wildman–Crippen LogP) is 2.90. The highest BCUT2D eigenvalue weighted by Gasteiger charge is 2.48. The average Bonchev–Trinajstić information content (AvgIpc) is 2.76. The number of amidine groups is 1. The maximum atomic E-state index is 14.9. The molecule has 164 valence electrons. The Bertz CT molecular complexity index is 1170. The van der Waals surface area contributed by atoms with E-state index < -0.39 is 26.1 Å². The number of halogens is 1. The van der Waals surface area contributed by atoms with Crippen molar-refractivity contribution in [2.75, 3.05) is 13.6 Å². The third kappa shape index (κ3) is 4.13. The predicted molar refractivity (Wildman–Crippen MR) is 116 cm³/mol. The van der Waals surface area contributed by atoms with Crippen molar-refractivity contribution in [2.24, 2.45) is 10.7 Å². The van der Waals surface area contributed by atoms with Gasteiger partial charge in [0.2, 0.25) is 10.0 Å². The van der Waals surface area contributed by atoms with Crippen LogP contribution < -0.4 is 10.5 Å². The molecule has 1 aliphatic rings. The summed E-state index contributed by atoms with van der Waals surface area (Å²) in [5, 5.41) is 8.89. The van der Waals surface area contributed by atoms with Crippen LogP contribution >= 0.6 is 0 Å². The van der Waals surface area contributed by atoms with E-state index in [1.807, 2.05) is 0 Å². The number of nitrogens with two attached hydrogens (primary N) is 1. The summed E-state index contributed by atoms with van der Waals surface area (Å²) in [5.41, 5.74) is 6.42. The highest BCUT2D eigenvalue weighted by molar-refractivity contribution is 7.91. The summed E-state index contributed by atoms with van der Waals surface area (Å²) in [6.07, 6.45) is 0. The molecule has 0 bridgehead atoms. The molecule has 0 saturated heterocycles. The monoisotopic (exact) mass is 444 g/mol. The van der Waals surface area contributed by atoms with Crippen molar-refractivity contribution >= 4 is 15.9 Å². The lowest BCUT2D eigenvalue weighted by Gasteiger charge is -2.29. The molecule has 0 radical (unpaired) electrons. The second kappa shape index (κ2) is 7.94. The number of likely N-dealkylation sites (N-methyl/N-ethyl adjacent to an activating group) is 1. The largest absolute Gasteiger partial charge is 0.489 e. The number of sulfonamides is 1. The summed E-state index contributed by atoms with van der Waals surface area (Å²) in [6.45, 7) is 4.76. The molecule has 31 heavy (non-hydrogen) atoms. The lowest BCUT2D eigenvalue weighted by molar-refractivity contribution is 0.302. The van der Waals surface area contributed by atoms with Crippen LogP contribution in [0, 0.1) is 17.1 Å². The lowest BCUT2D eigenvalue weighted by Crippen LogP contribution is -2.50. The summed E-state index contributed by atoms with van der Waals surface area (Å²) in [7, 11) is -2.34. The molecule has 7 nitrogen and oxygen atoms in total. The highest BCUT2D eigenvalue weighted by atomic mass is 32.2. The van der Waals surface area contributed by atoms with Gasteiger partial charge in [-0.15, -0.1) is 0 Å². The van der Waals surface area contributed by atoms with Crippen LogP contribution in [0.15, 0.2) is 47.5 Å². The molecule has 0 aromatic heterocycles. The van der Waals surface area contributed by atoms with E-state index in [4.69, 9.17) is 15.7 Å². The molecule has 1 atom stereocenters. The molecule has 9 heteroatoms. The van der Waals surface area contributed by atoms with Gasteiger partial charge in [0.15, 0.2) is 0 Å². The third-order valence-electron chi connectivity index (χ3n) is 5.58. The van der Waals surface area contributed by atoms with Crippen molar-refractivity contribution in [3.8, 4) is 11.8 Å².